The normalized spacial score (nSPS) is 25.9. The highest BCUT2D eigenvalue weighted by molar-refractivity contribution is 7.89. The summed E-state index contributed by atoms with van der Waals surface area (Å²) in [5.41, 5.74) is 1.60. The van der Waals surface area contributed by atoms with Crippen LogP contribution in [0.25, 0.3) is 0 Å². The first-order chi connectivity index (χ1) is 9.28. The van der Waals surface area contributed by atoms with Crippen LogP contribution in [0.15, 0.2) is 54.6 Å². The predicted octanol–water partition coefficient (Wildman–Crippen LogP) is 4.18. The van der Waals surface area contributed by atoms with Crippen LogP contribution in [0, 0.1) is 0 Å². The van der Waals surface area contributed by atoms with Gasteiger partial charge < -0.3 is 0 Å². The van der Waals surface area contributed by atoms with E-state index in [4.69, 9.17) is 0 Å². The molecule has 0 aliphatic carbocycles. The summed E-state index contributed by atoms with van der Waals surface area (Å²) >= 11 is 0. The first-order valence-electron chi connectivity index (χ1n) is 7.30. The fourth-order valence-electron chi connectivity index (χ4n) is 3.48. The van der Waals surface area contributed by atoms with Gasteiger partial charge in [-0.15, -0.1) is 0 Å². The number of hydrogen-bond donors (Lipinski definition) is 0. The molecule has 0 aromatic heterocycles. The Morgan fingerprint density at radius 2 is 1.68 bits per heavy atom. The summed E-state index contributed by atoms with van der Waals surface area (Å²) in [7, 11) is -1.15. The maximum atomic E-state index is 2.40. The molecule has 2 aromatic rings. The molecular weight excluding hydrogens is 247 g/mol. The van der Waals surface area contributed by atoms with Crippen molar-refractivity contribution >= 4 is 17.9 Å². The molecular formula is C18H22P+. The van der Waals surface area contributed by atoms with E-state index < -0.39 is 7.26 Å². The second-order valence-corrected chi connectivity index (χ2v) is 9.61. The van der Waals surface area contributed by atoms with Crippen molar-refractivity contribution in [3.8, 4) is 0 Å². The molecule has 2 unspecified atom stereocenters. The van der Waals surface area contributed by atoms with E-state index in [1.807, 2.05) is 0 Å². The monoisotopic (exact) mass is 269 g/mol. The third-order valence-electron chi connectivity index (χ3n) is 4.66. The molecule has 2 atom stereocenters. The van der Waals surface area contributed by atoms with E-state index in [9.17, 15) is 0 Å². The molecule has 0 fully saturated rings. The Hall–Kier alpha value is -1.13. The van der Waals surface area contributed by atoms with Crippen molar-refractivity contribution in [2.45, 2.75) is 26.2 Å². The van der Waals surface area contributed by atoms with Crippen LogP contribution < -0.4 is 10.6 Å². The van der Waals surface area contributed by atoms with Crippen molar-refractivity contribution in [1.29, 1.82) is 0 Å². The van der Waals surface area contributed by atoms with Crippen molar-refractivity contribution in [3.63, 3.8) is 0 Å². The van der Waals surface area contributed by atoms with Crippen molar-refractivity contribution in [2.75, 3.05) is 12.3 Å². The molecule has 0 radical (unpaired) electrons. The van der Waals surface area contributed by atoms with Gasteiger partial charge in [0, 0.05) is 0 Å². The van der Waals surface area contributed by atoms with Gasteiger partial charge in [-0.2, -0.15) is 0 Å². The van der Waals surface area contributed by atoms with Crippen LogP contribution in [0.1, 0.15) is 31.7 Å². The van der Waals surface area contributed by atoms with Crippen LogP contribution in [0.4, 0.5) is 0 Å². The summed E-state index contributed by atoms with van der Waals surface area (Å²) in [6.07, 6.45) is 4.01. The second-order valence-electron chi connectivity index (χ2n) is 5.59. The first kappa shape index (κ1) is 12.9. The van der Waals surface area contributed by atoms with Crippen molar-refractivity contribution in [3.05, 3.63) is 60.2 Å². The van der Waals surface area contributed by atoms with Crippen LogP contribution in [0.3, 0.4) is 0 Å². The highest BCUT2D eigenvalue weighted by atomic mass is 31.2. The number of hydrogen-bond acceptors (Lipinski definition) is 0. The maximum Gasteiger partial charge on any atom is 0.103 e. The Morgan fingerprint density at radius 3 is 2.42 bits per heavy atom. The van der Waals surface area contributed by atoms with Crippen LogP contribution in [-0.2, 0) is 0 Å². The van der Waals surface area contributed by atoms with Gasteiger partial charge >= 0.3 is 0 Å². The lowest BCUT2D eigenvalue weighted by Crippen LogP contribution is -2.33. The predicted molar refractivity (Wildman–Crippen MR) is 87.5 cm³/mol. The molecule has 0 spiro atoms. The van der Waals surface area contributed by atoms with Gasteiger partial charge in [-0.3, -0.25) is 0 Å². The Kier molecular flexibility index (Phi) is 3.46. The van der Waals surface area contributed by atoms with Gasteiger partial charge in [-0.1, -0.05) is 43.3 Å². The zero-order valence-corrected chi connectivity index (χ0v) is 12.7. The SMILES string of the molecule is CC[P+]1(c2ccccc2)CCC(C)c2ccccc21. The molecule has 0 saturated heterocycles. The third kappa shape index (κ3) is 2.03. The lowest BCUT2D eigenvalue weighted by Gasteiger charge is -2.34. The standard InChI is InChI=1S/C18H22P/c1-3-19(16-9-5-4-6-10-16)14-13-15(2)17-11-7-8-12-18(17)19/h4-12,15H,3,13-14H2,1-2H3/q+1. The smallest absolute Gasteiger partial charge is 0.0620 e. The molecule has 98 valence electrons. The minimum absolute atomic E-state index is 0.722. The maximum absolute atomic E-state index is 2.40. The molecule has 0 saturated carbocycles. The van der Waals surface area contributed by atoms with E-state index in [1.54, 1.807) is 16.2 Å². The van der Waals surface area contributed by atoms with E-state index in [0.29, 0.717) is 0 Å². The first-order valence-corrected chi connectivity index (χ1v) is 9.46. The summed E-state index contributed by atoms with van der Waals surface area (Å²) in [6, 6.07) is 20.4. The average Bonchev–Trinajstić information content (AvgIpc) is 2.49. The van der Waals surface area contributed by atoms with E-state index in [-0.39, 0.29) is 0 Å². The minimum atomic E-state index is -1.15. The molecule has 1 aliphatic heterocycles. The van der Waals surface area contributed by atoms with Crippen molar-refractivity contribution in [1.82, 2.24) is 0 Å². The van der Waals surface area contributed by atoms with Gasteiger partial charge in [0.2, 0.25) is 0 Å². The summed E-state index contributed by atoms with van der Waals surface area (Å²) in [5, 5.41) is 3.26. The van der Waals surface area contributed by atoms with E-state index >= 15 is 0 Å². The van der Waals surface area contributed by atoms with Gasteiger partial charge in [0.25, 0.3) is 0 Å². The van der Waals surface area contributed by atoms with Crippen LogP contribution in [-0.4, -0.2) is 12.3 Å². The van der Waals surface area contributed by atoms with Crippen LogP contribution >= 0.6 is 7.26 Å². The lowest BCUT2D eigenvalue weighted by atomic mass is 9.98. The molecule has 0 bridgehead atoms. The summed E-state index contributed by atoms with van der Waals surface area (Å²) in [4.78, 5) is 0. The molecule has 3 rings (SSSR count). The largest absolute Gasteiger partial charge is 0.103 e. The Balaban J connectivity index is 2.21. The molecule has 19 heavy (non-hydrogen) atoms. The molecule has 1 heteroatoms. The highest BCUT2D eigenvalue weighted by Crippen LogP contribution is 2.60. The molecule has 1 heterocycles. The molecule has 0 nitrogen and oxygen atoms in total. The highest BCUT2D eigenvalue weighted by Gasteiger charge is 2.45. The molecule has 2 aromatic carbocycles. The molecule has 1 aliphatic rings. The quantitative estimate of drug-likeness (QED) is 0.717. The van der Waals surface area contributed by atoms with Gasteiger partial charge in [0.05, 0.1) is 24.9 Å². The number of rotatable bonds is 2. The molecule has 0 amide bonds. The fourth-order valence-corrected chi connectivity index (χ4v) is 8.01. The number of fused-ring (bicyclic) bond motifs is 1. The Bertz CT molecular complexity index is 561. The van der Waals surface area contributed by atoms with E-state index in [1.165, 1.54) is 18.7 Å². The van der Waals surface area contributed by atoms with Crippen LogP contribution in [0.2, 0.25) is 0 Å². The zero-order chi connectivity index (χ0) is 13.3. The zero-order valence-electron chi connectivity index (χ0n) is 11.8. The number of benzene rings is 2. The Labute approximate surface area is 117 Å². The van der Waals surface area contributed by atoms with E-state index in [2.05, 4.69) is 68.4 Å². The summed E-state index contributed by atoms with van der Waals surface area (Å²) < 4.78 is 0. The summed E-state index contributed by atoms with van der Waals surface area (Å²) in [6.45, 7) is 4.76. The lowest BCUT2D eigenvalue weighted by molar-refractivity contribution is 0.732. The van der Waals surface area contributed by atoms with Gasteiger partial charge in [0.1, 0.15) is 5.30 Å². The van der Waals surface area contributed by atoms with Gasteiger partial charge in [-0.05, 0) is 43.0 Å². The Morgan fingerprint density at radius 1 is 1.00 bits per heavy atom. The van der Waals surface area contributed by atoms with Crippen molar-refractivity contribution in [2.24, 2.45) is 0 Å². The average molecular weight is 269 g/mol. The fraction of sp³-hybridized carbons (Fsp3) is 0.333. The van der Waals surface area contributed by atoms with Crippen molar-refractivity contribution < 1.29 is 0 Å². The second kappa shape index (κ2) is 5.10. The third-order valence-corrected chi connectivity index (χ3v) is 9.38. The summed E-state index contributed by atoms with van der Waals surface area (Å²) in [5.74, 6) is 0.722. The van der Waals surface area contributed by atoms with Gasteiger partial charge in [0.15, 0.2) is 0 Å². The van der Waals surface area contributed by atoms with Crippen LogP contribution in [0.5, 0.6) is 0 Å². The van der Waals surface area contributed by atoms with Gasteiger partial charge in [-0.25, -0.2) is 0 Å². The topological polar surface area (TPSA) is 0 Å². The minimum Gasteiger partial charge on any atom is -0.0620 e. The van der Waals surface area contributed by atoms with E-state index in [0.717, 1.165) is 5.92 Å². The molecule has 0 N–H and O–H groups in total.